The van der Waals surface area contributed by atoms with Gasteiger partial charge in [-0.25, -0.2) is 9.37 Å². The van der Waals surface area contributed by atoms with E-state index in [-0.39, 0.29) is 17.2 Å². The molecule has 0 bridgehead atoms. The fraction of sp³-hybridized carbons (Fsp3) is 0.400. The highest BCUT2D eigenvalue weighted by Gasteiger charge is 2.31. The van der Waals surface area contributed by atoms with E-state index in [4.69, 9.17) is 0 Å². The Labute approximate surface area is 124 Å². The number of nitrogens with zero attached hydrogens (tertiary/aromatic N) is 1. The Morgan fingerprint density at radius 2 is 1.86 bits per heavy atom. The van der Waals surface area contributed by atoms with Crippen LogP contribution in [-0.2, 0) is 6.18 Å². The fourth-order valence-electron chi connectivity index (χ4n) is 2.68. The lowest BCUT2D eigenvalue weighted by Crippen LogP contribution is -2.27. The van der Waals surface area contributed by atoms with Gasteiger partial charge in [0.1, 0.15) is 11.6 Å². The van der Waals surface area contributed by atoms with Gasteiger partial charge < -0.3 is 10.3 Å². The predicted molar refractivity (Wildman–Crippen MR) is 73.8 cm³/mol. The number of alkyl halides is 3. The van der Waals surface area contributed by atoms with Crippen molar-refractivity contribution in [3.8, 4) is 11.3 Å². The van der Waals surface area contributed by atoms with Crippen molar-refractivity contribution in [3.63, 3.8) is 0 Å². The van der Waals surface area contributed by atoms with Crippen molar-refractivity contribution < 1.29 is 17.6 Å². The molecule has 2 aromatic rings. The second-order valence-electron chi connectivity index (χ2n) is 5.40. The lowest BCUT2D eigenvalue weighted by molar-refractivity contribution is -0.137. The average Bonchev–Trinajstić information content (AvgIpc) is 2.97. The Morgan fingerprint density at radius 3 is 2.55 bits per heavy atom. The molecule has 1 aromatic heterocycles. The minimum Gasteiger partial charge on any atom is -0.342 e. The summed E-state index contributed by atoms with van der Waals surface area (Å²) in [6, 6.07) is 2.39. The molecule has 1 fully saturated rings. The number of nitrogens with one attached hydrogen (secondary N) is 2. The van der Waals surface area contributed by atoms with Gasteiger partial charge in [0.25, 0.3) is 0 Å². The van der Waals surface area contributed by atoms with Crippen molar-refractivity contribution in [2.75, 3.05) is 13.1 Å². The summed E-state index contributed by atoms with van der Waals surface area (Å²) >= 11 is 0. The quantitative estimate of drug-likeness (QED) is 0.830. The molecule has 2 heterocycles. The average molecular weight is 313 g/mol. The summed E-state index contributed by atoms with van der Waals surface area (Å²) in [5.41, 5.74) is -0.707. The third kappa shape index (κ3) is 2.99. The third-order valence-electron chi connectivity index (χ3n) is 3.91. The molecule has 0 spiro atoms. The SMILES string of the molecule is Fc1ccc(C(F)(F)F)cc1-c1cnc(C2CCNCC2)[nH]1. The van der Waals surface area contributed by atoms with Crippen LogP contribution < -0.4 is 5.32 Å². The van der Waals surface area contributed by atoms with Crippen molar-refractivity contribution in [2.45, 2.75) is 24.9 Å². The Kier molecular flexibility index (Phi) is 3.90. The van der Waals surface area contributed by atoms with Gasteiger partial charge in [0.2, 0.25) is 0 Å². The molecule has 0 amide bonds. The molecule has 0 atom stereocenters. The number of aromatic nitrogens is 2. The largest absolute Gasteiger partial charge is 0.416 e. The van der Waals surface area contributed by atoms with Gasteiger partial charge in [0.05, 0.1) is 17.5 Å². The maximum atomic E-state index is 13.9. The monoisotopic (exact) mass is 313 g/mol. The smallest absolute Gasteiger partial charge is 0.342 e. The van der Waals surface area contributed by atoms with E-state index in [0.29, 0.717) is 5.82 Å². The number of hydrogen-bond acceptors (Lipinski definition) is 2. The predicted octanol–water partition coefficient (Wildman–Crippen LogP) is 3.70. The number of hydrogen-bond donors (Lipinski definition) is 2. The van der Waals surface area contributed by atoms with Crippen LogP contribution in [0.5, 0.6) is 0 Å². The molecule has 1 aliphatic rings. The highest BCUT2D eigenvalue weighted by Crippen LogP contribution is 2.33. The summed E-state index contributed by atoms with van der Waals surface area (Å²) in [6.07, 6.45) is -1.30. The van der Waals surface area contributed by atoms with Gasteiger partial charge in [0, 0.05) is 11.5 Å². The third-order valence-corrected chi connectivity index (χ3v) is 3.91. The van der Waals surface area contributed by atoms with E-state index < -0.39 is 17.6 Å². The number of H-pyrrole nitrogens is 1. The van der Waals surface area contributed by atoms with Crippen LogP contribution >= 0.6 is 0 Å². The molecular formula is C15H15F4N3. The Morgan fingerprint density at radius 1 is 1.14 bits per heavy atom. The molecule has 3 nitrogen and oxygen atoms in total. The number of benzene rings is 1. The summed E-state index contributed by atoms with van der Waals surface area (Å²) in [5, 5.41) is 3.23. The van der Waals surface area contributed by atoms with Crippen molar-refractivity contribution >= 4 is 0 Å². The van der Waals surface area contributed by atoms with Crippen molar-refractivity contribution in [1.29, 1.82) is 0 Å². The molecular weight excluding hydrogens is 298 g/mol. The zero-order valence-corrected chi connectivity index (χ0v) is 11.7. The first kappa shape index (κ1) is 15.0. The number of imidazole rings is 1. The highest BCUT2D eigenvalue weighted by atomic mass is 19.4. The zero-order valence-electron chi connectivity index (χ0n) is 11.7. The number of piperidine rings is 1. The summed E-state index contributed by atoms with van der Waals surface area (Å²) in [5.74, 6) is 0.227. The Hall–Kier alpha value is -1.89. The van der Waals surface area contributed by atoms with Crippen molar-refractivity contribution in [2.24, 2.45) is 0 Å². The first-order valence-corrected chi connectivity index (χ1v) is 7.08. The maximum absolute atomic E-state index is 13.9. The van der Waals surface area contributed by atoms with E-state index >= 15 is 0 Å². The lowest BCUT2D eigenvalue weighted by Gasteiger charge is -2.20. The number of halogens is 4. The summed E-state index contributed by atoms with van der Waals surface area (Å²) < 4.78 is 52.1. The number of aromatic amines is 1. The van der Waals surface area contributed by atoms with Crippen molar-refractivity contribution in [3.05, 3.63) is 41.6 Å². The van der Waals surface area contributed by atoms with E-state index in [0.717, 1.165) is 44.1 Å². The Bertz CT molecular complexity index is 657. The molecule has 7 heteroatoms. The van der Waals surface area contributed by atoms with Crippen LogP contribution in [0, 0.1) is 5.82 Å². The van der Waals surface area contributed by atoms with Gasteiger partial charge in [-0.2, -0.15) is 13.2 Å². The summed E-state index contributed by atoms with van der Waals surface area (Å²) in [7, 11) is 0. The first-order valence-electron chi connectivity index (χ1n) is 7.08. The van der Waals surface area contributed by atoms with Gasteiger partial charge in [-0.05, 0) is 44.1 Å². The minimum absolute atomic E-state index is 0.109. The molecule has 3 rings (SSSR count). The highest BCUT2D eigenvalue weighted by molar-refractivity contribution is 5.60. The van der Waals surface area contributed by atoms with Gasteiger partial charge in [-0.1, -0.05) is 0 Å². The van der Waals surface area contributed by atoms with Crippen LogP contribution in [0.4, 0.5) is 17.6 Å². The number of rotatable bonds is 2. The lowest BCUT2D eigenvalue weighted by atomic mass is 9.97. The summed E-state index contributed by atoms with van der Waals surface area (Å²) in [4.78, 5) is 7.19. The van der Waals surface area contributed by atoms with Crippen LogP contribution in [-0.4, -0.2) is 23.1 Å². The second kappa shape index (κ2) is 5.72. The van der Waals surface area contributed by atoms with E-state index in [9.17, 15) is 17.6 Å². The van der Waals surface area contributed by atoms with Crippen LogP contribution in [0.1, 0.15) is 30.1 Å². The molecule has 1 saturated heterocycles. The molecule has 0 aliphatic carbocycles. The fourth-order valence-corrected chi connectivity index (χ4v) is 2.68. The van der Waals surface area contributed by atoms with E-state index in [1.54, 1.807) is 0 Å². The molecule has 22 heavy (non-hydrogen) atoms. The molecule has 118 valence electrons. The summed E-state index contributed by atoms with van der Waals surface area (Å²) in [6.45, 7) is 1.75. The molecule has 1 aromatic carbocycles. The van der Waals surface area contributed by atoms with E-state index in [1.165, 1.54) is 6.20 Å². The normalized spacial score (nSPS) is 16.9. The van der Waals surface area contributed by atoms with Crippen LogP contribution in [0.3, 0.4) is 0 Å². The Balaban J connectivity index is 1.92. The van der Waals surface area contributed by atoms with E-state index in [1.807, 2.05) is 0 Å². The van der Waals surface area contributed by atoms with E-state index in [2.05, 4.69) is 15.3 Å². The molecule has 1 aliphatic heterocycles. The van der Waals surface area contributed by atoms with Crippen molar-refractivity contribution in [1.82, 2.24) is 15.3 Å². The van der Waals surface area contributed by atoms with Gasteiger partial charge in [0.15, 0.2) is 0 Å². The molecule has 0 unspecified atom stereocenters. The molecule has 0 radical (unpaired) electrons. The van der Waals surface area contributed by atoms with Gasteiger partial charge in [-0.15, -0.1) is 0 Å². The standard InChI is InChI=1S/C15H15F4N3/c16-12-2-1-10(15(17,18)19)7-11(12)13-8-21-14(22-13)9-3-5-20-6-4-9/h1-2,7-9,20H,3-6H2,(H,21,22). The first-order chi connectivity index (χ1) is 10.4. The zero-order chi connectivity index (χ0) is 15.7. The molecule has 2 N–H and O–H groups in total. The van der Waals surface area contributed by atoms with Crippen LogP contribution in [0.15, 0.2) is 24.4 Å². The van der Waals surface area contributed by atoms with Crippen LogP contribution in [0.2, 0.25) is 0 Å². The second-order valence-corrected chi connectivity index (χ2v) is 5.40. The maximum Gasteiger partial charge on any atom is 0.416 e. The molecule has 0 saturated carbocycles. The van der Waals surface area contributed by atoms with Gasteiger partial charge >= 0.3 is 6.18 Å². The van der Waals surface area contributed by atoms with Crippen LogP contribution in [0.25, 0.3) is 11.3 Å². The van der Waals surface area contributed by atoms with Gasteiger partial charge in [-0.3, -0.25) is 0 Å². The minimum atomic E-state index is -4.50. The topological polar surface area (TPSA) is 40.7 Å².